The third-order valence-corrected chi connectivity index (χ3v) is 5.21. The van der Waals surface area contributed by atoms with Crippen molar-refractivity contribution >= 4 is 27.5 Å². The van der Waals surface area contributed by atoms with Crippen molar-refractivity contribution in [3.8, 4) is 22.9 Å². The van der Waals surface area contributed by atoms with Crippen LogP contribution in [0.2, 0.25) is 0 Å². The molecule has 1 heterocycles. The number of hydrogen-bond acceptors (Lipinski definition) is 1. The summed E-state index contributed by atoms with van der Waals surface area (Å²) in [4.78, 5) is 3.49. The van der Waals surface area contributed by atoms with E-state index in [1.54, 1.807) is 6.07 Å². The van der Waals surface area contributed by atoms with Gasteiger partial charge in [-0.25, -0.2) is 4.85 Å². The molecular formula is C26H15N3. The molecule has 3 nitrogen and oxygen atoms in total. The lowest BCUT2D eigenvalue weighted by molar-refractivity contribution is 1.18. The van der Waals surface area contributed by atoms with E-state index >= 15 is 0 Å². The van der Waals surface area contributed by atoms with Crippen molar-refractivity contribution in [3.63, 3.8) is 0 Å². The maximum absolute atomic E-state index is 9.24. The Hall–Kier alpha value is -4.34. The third kappa shape index (κ3) is 2.74. The second kappa shape index (κ2) is 6.68. The molecule has 0 bridgehead atoms. The van der Waals surface area contributed by atoms with Gasteiger partial charge in [0.1, 0.15) is 0 Å². The van der Waals surface area contributed by atoms with Gasteiger partial charge in [-0.05, 0) is 53.6 Å². The molecule has 0 fully saturated rings. The maximum Gasteiger partial charge on any atom is 0.189 e. The Morgan fingerprint density at radius 1 is 0.724 bits per heavy atom. The van der Waals surface area contributed by atoms with E-state index in [9.17, 15) is 5.26 Å². The van der Waals surface area contributed by atoms with Crippen molar-refractivity contribution in [1.82, 2.24) is 4.57 Å². The number of aromatic nitrogens is 1. The number of nitrogens with zero attached hydrogens (tertiary/aromatic N) is 3. The number of benzene rings is 4. The minimum atomic E-state index is 0.477. The van der Waals surface area contributed by atoms with E-state index < -0.39 is 0 Å². The molecule has 0 saturated carbocycles. The average Bonchev–Trinajstić information content (AvgIpc) is 3.13. The highest BCUT2D eigenvalue weighted by molar-refractivity contribution is 6.09. The fraction of sp³-hybridized carbons (Fsp3) is 0. The molecule has 134 valence electrons. The summed E-state index contributed by atoms with van der Waals surface area (Å²) in [5, 5.41) is 11.7. The van der Waals surface area contributed by atoms with Gasteiger partial charge in [-0.1, -0.05) is 48.5 Å². The van der Waals surface area contributed by atoms with E-state index in [1.165, 1.54) is 21.8 Å². The largest absolute Gasteiger partial charge is 0.309 e. The van der Waals surface area contributed by atoms with Crippen LogP contribution >= 0.6 is 0 Å². The summed E-state index contributed by atoms with van der Waals surface area (Å²) in [6, 6.07) is 32.5. The molecule has 5 aromatic rings. The monoisotopic (exact) mass is 369 g/mol. The van der Waals surface area contributed by atoms with Crippen molar-refractivity contribution < 1.29 is 0 Å². The molecule has 29 heavy (non-hydrogen) atoms. The van der Waals surface area contributed by atoms with Gasteiger partial charge in [0.2, 0.25) is 0 Å². The molecule has 0 atom stereocenters. The van der Waals surface area contributed by atoms with Crippen LogP contribution < -0.4 is 0 Å². The normalized spacial score (nSPS) is 10.7. The lowest BCUT2D eigenvalue weighted by Crippen LogP contribution is -1.93. The first-order valence-electron chi connectivity index (χ1n) is 9.30. The van der Waals surface area contributed by atoms with E-state index in [0.717, 1.165) is 16.8 Å². The second-order valence-corrected chi connectivity index (χ2v) is 6.91. The lowest BCUT2D eigenvalue weighted by Gasteiger charge is -2.10. The van der Waals surface area contributed by atoms with Crippen LogP contribution in [0.3, 0.4) is 0 Å². The molecule has 0 radical (unpaired) electrons. The van der Waals surface area contributed by atoms with E-state index in [4.69, 9.17) is 6.57 Å². The van der Waals surface area contributed by atoms with Gasteiger partial charge in [-0.15, -0.1) is 0 Å². The topological polar surface area (TPSA) is 33.1 Å². The first-order valence-corrected chi connectivity index (χ1v) is 9.30. The molecule has 0 saturated heterocycles. The number of hydrogen-bond donors (Lipinski definition) is 0. The zero-order valence-electron chi connectivity index (χ0n) is 15.5. The van der Waals surface area contributed by atoms with Gasteiger partial charge in [0.05, 0.1) is 23.7 Å². The lowest BCUT2D eigenvalue weighted by atomic mass is 10.0. The van der Waals surface area contributed by atoms with Crippen LogP contribution in [0.4, 0.5) is 5.69 Å². The molecule has 0 N–H and O–H groups in total. The zero-order valence-corrected chi connectivity index (χ0v) is 15.5. The fourth-order valence-corrected chi connectivity index (χ4v) is 3.91. The number of fused-ring (bicyclic) bond motifs is 3. The van der Waals surface area contributed by atoms with E-state index in [0.29, 0.717) is 11.3 Å². The summed E-state index contributed by atoms with van der Waals surface area (Å²) < 4.78 is 2.27. The molecular weight excluding hydrogens is 354 g/mol. The van der Waals surface area contributed by atoms with Crippen LogP contribution in [0.1, 0.15) is 5.56 Å². The molecule has 0 spiro atoms. The molecule has 0 amide bonds. The van der Waals surface area contributed by atoms with Crippen LogP contribution in [0.25, 0.3) is 43.5 Å². The van der Waals surface area contributed by atoms with Crippen LogP contribution in [0, 0.1) is 17.9 Å². The van der Waals surface area contributed by atoms with Crippen molar-refractivity contribution in [2.75, 3.05) is 0 Å². The van der Waals surface area contributed by atoms with Crippen molar-refractivity contribution in [3.05, 3.63) is 108 Å². The zero-order chi connectivity index (χ0) is 19.8. The van der Waals surface area contributed by atoms with Gasteiger partial charge in [0.25, 0.3) is 0 Å². The standard InChI is InChI=1S/C26H15N3/c1-28-21-15-18(17-27)14-20(16-21)19-10-12-22(13-11-19)29-25-8-4-2-6-23(25)24-7-3-5-9-26(24)29/h2-16H. The third-order valence-electron chi connectivity index (χ3n) is 5.21. The Bertz CT molecular complexity index is 1370. The van der Waals surface area contributed by atoms with Crippen molar-refractivity contribution in [2.45, 2.75) is 0 Å². The number of rotatable bonds is 2. The molecule has 1 aromatic heterocycles. The first kappa shape index (κ1) is 16.8. The quantitative estimate of drug-likeness (QED) is 0.312. The second-order valence-electron chi connectivity index (χ2n) is 6.91. The van der Waals surface area contributed by atoms with Crippen molar-refractivity contribution in [2.24, 2.45) is 0 Å². The Morgan fingerprint density at radius 2 is 1.34 bits per heavy atom. The summed E-state index contributed by atoms with van der Waals surface area (Å²) in [5.41, 5.74) is 6.25. The van der Waals surface area contributed by atoms with Crippen LogP contribution in [-0.2, 0) is 0 Å². The number of nitriles is 1. The molecule has 0 aliphatic rings. The van der Waals surface area contributed by atoms with Crippen LogP contribution in [0.5, 0.6) is 0 Å². The van der Waals surface area contributed by atoms with Gasteiger partial charge < -0.3 is 4.57 Å². The predicted molar refractivity (Wildman–Crippen MR) is 117 cm³/mol. The Balaban J connectivity index is 1.67. The molecule has 3 heteroatoms. The molecule has 0 aliphatic carbocycles. The minimum Gasteiger partial charge on any atom is -0.309 e. The highest BCUT2D eigenvalue weighted by Crippen LogP contribution is 2.33. The smallest absolute Gasteiger partial charge is 0.189 e. The van der Waals surface area contributed by atoms with Gasteiger partial charge in [-0.3, -0.25) is 0 Å². The summed E-state index contributed by atoms with van der Waals surface area (Å²) in [6.45, 7) is 7.27. The van der Waals surface area contributed by atoms with Crippen molar-refractivity contribution in [1.29, 1.82) is 5.26 Å². The highest BCUT2D eigenvalue weighted by Gasteiger charge is 2.11. The number of para-hydroxylation sites is 2. The fourth-order valence-electron chi connectivity index (χ4n) is 3.91. The summed E-state index contributed by atoms with van der Waals surface area (Å²) in [7, 11) is 0. The van der Waals surface area contributed by atoms with E-state index in [2.05, 4.69) is 76.1 Å². The Kier molecular flexibility index (Phi) is 3.87. The first-order chi connectivity index (χ1) is 14.3. The summed E-state index contributed by atoms with van der Waals surface area (Å²) in [5.74, 6) is 0. The summed E-state index contributed by atoms with van der Waals surface area (Å²) >= 11 is 0. The van der Waals surface area contributed by atoms with Gasteiger partial charge in [0.15, 0.2) is 5.69 Å². The minimum absolute atomic E-state index is 0.477. The van der Waals surface area contributed by atoms with E-state index in [1.807, 2.05) is 24.3 Å². The van der Waals surface area contributed by atoms with E-state index in [-0.39, 0.29) is 0 Å². The average molecular weight is 369 g/mol. The molecule has 0 aliphatic heterocycles. The predicted octanol–water partition coefficient (Wildman–Crippen LogP) is 6.87. The highest BCUT2D eigenvalue weighted by atomic mass is 15.0. The van der Waals surface area contributed by atoms with Gasteiger partial charge in [0, 0.05) is 22.0 Å². The summed E-state index contributed by atoms with van der Waals surface area (Å²) in [6.07, 6.45) is 0. The van der Waals surface area contributed by atoms with Crippen LogP contribution in [-0.4, -0.2) is 4.57 Å². The maximum atomic E-state index is 9.24. The molecule has 0 unspecified atom stereocenters. The SMILES string of the molecule is [C-]#[N+]c1cc(C#N)cc(-c2ccc(-n3c4ccccc4c4ccccc43)cc2)c1. The molecule has 5 rings (SSSR count). The molecule has 4 aromatic carbocycles. The van der Waals surface area contributed by atoms with Crippen LogP contribution in [0.15, 0.2) is 91.0 Å². The van der Waals surface area contributed by atoms with Gasteiger partial charge in [-0.2, -0.15) is 5.26 Å². The Labute approximate surface area is 168 Å². The Morgan fingerprint density at radius 3 is 1.93 bits per heavy atom. The van der Waals surface area contributed by atoms with Gasteiger partial charge >= 0.3 is 0 Å².